The maximum absolute atomic E-state index is 5.51. The quantitative estimate of drug-likeness (QED) is 0.541. The van der Waals surface area contributed by atoms with Gasteiger partial charge >= 0.3 is 6.01 Å². The minimum atomic E-state index is 0.00290. The fourth-order valence-electron chi connectivity index (χ4n) is 2.53. The molecule has 20 heavy (non-hydrogen) atoms. The predicted molar refractivity (Wildman–Crippen MR) is 78.4 cm³/mol. The smallest absolute Gasteiger partial charge is 0.323 e. The molecule has 0 saturated heterocycles. The summed E-state index contributed by atoms with van der Waals surface area (Å²) in [7, 11) is 0. The number of rotatable bonds is 6. The lowest BCUT2D eigenvalue weighted by Crippen LogP contribution is -2.26. The highest BCUT2D eigenvalue weighted by Gasteiger charge is 2.22. The summed E-state index contributed by atoms with van der Waals surface area (Å²) in [6, 6.07) is 0.612. The minimum absolute atomic E-state index is 0.00290. The van der Waals surface area contributed by atoms with Gasteiger partial charge in [0.05, 0.1) is 6.10 Å². The van der Waals surface area contributed by atoms with Crippen molar-refractivity contribution in [2.45, 2.75) is 58.6 Å². The molecular weight excluding hydrogens is 256 g/mol. The van der Waals surface area contributed by atoms with Gasteiger partial charge in [0, 0.05) is 6.04 Å². The van der Waals surface area contributed by atoms with Gasteiger partial charge in [0.2, 0.25) is 11.9 Å². The molecule has 0 bridgehead atoms. The Bertz CT molecular complexity index is 433. The van der Waals surface area contributed by atoms with Crippen molar-refractivity contribution >= 4 is 11.9 Å². The number of ether oxygens (including phenoxy) is 1. The zero-order valence-corrected chi connectivity index (χ0v) is 12.4. The van der Waals surface area contributed by atoms with Crippen LogP contribution in [0.5, 0.6) is 6.01 Å². The van der Waals surface area contributed by atoms with Gasteiger partial charge in [-0.3, -0.25) is 5.43 Å². The molecule has 1 atom stereocenters. The zero-order valence-electron chi connectivity index (χ0n) is 12.4. The summed E-state index contributed by atoms with van der Waals surface area (Å²) >= 11 is 0. The number of anilines is 2. The second kappa shape index (κ2) is 6.69. The van der Waals surface area contributed by atoms with E-state index in [1.807, 2.05) is 13.8 Å². The van der Waals surface area contributed by atoms with Gasteiger partial charge in [0.25, 0.3) is 0 Å². The van der Waals surface area contributed by atoms with Crippen LogP contribution in [-0.2, 0) is 0 Å². The SMILES string of the molecule is CC(C)Oc1nc(NN)nc(NC(C)C2CCCC2)n1. The van der Waals surface area contributed by atoms with Crippen molar-refractivity contribution < 1.29 is 4.74 Å². The number of hydrogen-bond acceptors (Lipinski definition) is 7. The Kier molecular flexibility index (Phi) is 4.94. The van der Waals surface area contributed by atoms with E-state index in [1.54, 1.807) is 0 Å². The molecule has 1 aliphatic rings. The van der Waals surface area contributed by atoms with E-state index in [0.717, 1.165) is 0 Å². The Labute approximate surface area is 119 Å². The molecule has 1 aromatic rings. The van der Waals surface area contributed by atoms with Crippen LogP contribution in [0.15, 0.2) is 0 Å². The van der Waals surface area contributed by atoms with Crippen LogP contribution >= 0.6 is 0 Å². The summed E-state index contributed by atoms with van der Waals surface area (Å²) < 4.78 is 5.51. The average molecular weight is 280 g/mol. The fraction of sp³-hybridized carbons (Fsp3) is 0.769. The van der Waals surface area contributed by atoms with E-state index in [1.165, 1.54) is 25.7 Å². The lowest BCUT2D eigenvalue weighted by Gasteiger charge is -2.20. The highest BCUT2D eigenvalue weighted by molar-refractivity contribution is 5.35. The number of nitrogen functional groups attached to an aromatic ring is 1. The van der Waals surface area contributed by atoms with Gasteiger partial charge in [-0.05, 0) is 39.5 Å². The van der Waals surface area contributed by atoms with E-state index in [9.17, 15) is 0 Å². The third-order valence-electron chi connectivity index (χ3n) is 3.55. The average Bonchev–Trinajstić information content (AvgIpc) is 2.91. The molecule has 112 valence electrons. The first-order chi connectivity index (χ1) is 9.58. The van der Waals surface area contributed by atoms with Gasteiger partial charge < -0.3 is 10.1 Å². The van der Waals surface area contributed by atoms with Crippen LogP contribution in [0.1, 0.15) is 46.5 Å². The molecule has 0 amide bonds. The summed E-state index contributed by atoms with van der Waals surface area (Å²) in [5.41, 5.74) is 2.44. The van der Waals surface area contributed by atoms with Crippen LogP contribution in [0.3, 0.4) is 0 Å². The molecule has 0 aromatic carbocycles. The molecule has 1 fully saturated rings. The third kappa shape index (κ3) is 3.93. The van der Waals surface area contributed by atoms with Gasteiger partial charge in [0.15, 0.2) is 0 Å². The van der Waals surface area contributed by atoms with E-state index in [4.69, 9.17) is 10.6 Å². The maximum atomic E-state index is 5.51. The molecule has 2 rings (SSSR count). The fourth-order valence-corrected chi connectivity index (χ4v) is 2.53. The summed E-state index contributed by atoms with van der Waals surface area (Å²) in [5.74, 6) is 6.87. The summed E-state index contributed by atoms with van der Waals surface area (Å²) in [5, 5.41) is 3.33. The first-order valence-electron chi connectivity index (χ1n) is 7.24. The molecule has 0 spiro atoms. The molecule has 0 radical (unpaired) electrons. The largest absolute Gasteiger partial charge is 0.461 e. The second-order valence-corrected chi connectivity index (χ2v) is 5.55. The number of nitrogens with zero attached hydrogens (tertiary/aromatic N) is 3. The van der Waals surface area contributed by atoms with E-state index >= 15 is 0 Å². The summed E-state index contributed by atoms with van der Waals surface area (Å²) in [6.45, 7) is 6.01. The molecule has 1 aliphatic carbocycles. The van der Waals surface area contributed by atoms with E-state index in [2.05, 4.69) is 32.6 Å². The van der Waals surface area contributed by atoms with Crippen molar-refractivity contribution in [3.05, 3.63) is 0 Å². The van der Waals surface area contributed by atoms with Crippen molar-refractivity contribution in [3.63, 3.8) is 0 Å². The first-order valence-corrected chi connectivity index (χ1v) is 7.24. The van der Waals surface area contributed by atoms with Crippen LogP contribution in [0.25, 0.3) is 0 Å². The Morgan fingerprint density at radius 2 is 1.75 bits per heavy atom. The maximum Gasteiger partial charge on any atom is 0.323 e. The minimum Gasteiger partial charge on any atom is -0.461 e. The van der Waals surface area contributed by atoms with Gasteiger partial charge in [-0.25, -0.2) is 5.84 Å². The van der Waals surface area contributed by atoms with E-state index in [0.29, 0.717) is 23.9 Å². The standard InChI is InChI=1S/C13H24N6O/c1-8(2)20-13-17-11(16-12(18-13)19-14)15-9(3)10-6-4-5-7-10/h8-10H,4-7,14H2,1-3H3,(H2,15,16,17,18,19). The molecule has 7 heteroatoms. The molecule has 4 N–H and O–H groups in total. The third-order valence-corrected chi connectivity index (χ3v) is 3.55. The van der Waals surface area contributed by atoms with Crippen LogP contribution in [0.2, 0.25) is 0 Å². The monoisotopic (exact) mass is 280 g/mol. The topological polar surface area (TPSA) is 98.0 Å². The van der Waals surface area contributed by atoms with E-state index < -0.39 is 0 Å². The molecule has 0 aliphatic heterocycles. The Balaban J connectivity index is 2.08. The zero-order chi connectivity index (χ0) is 14.5. The van der Waals surface area contributed by atoms with Crippen LogP contribution in [0.4, 0.5) is 11.9 Å². The number of hydrogen-bond donors (Lipinski definition) is 3. The highest BCUT2D eigenvalue weighted by atomic mass is 16.5. The first kappa shape index (κ1) is 14.8. The summed E-state index contributed by atoms with van der Waals surface area (Å²) in [4.78, 5) is 12.6. The van der Waals surface area contributed by atoms with Crippen molar-refractivity contribution in [2.75, 3.05) is 10.7 Å². The Morgan fingerprint density at radius 3 is 2.35 bits per heavy atom. The normalized spacial score (nSPS) is 17.2. The van der Waals surface area contributed by atoms with Crippen LogP contribution < -0.4 is 21.3 Å². The van der Waals surface area contributed by atoms with Gasteiger partial charge in [-0.2, -0.15) is 15.0 Å². The molecule has 1 aromatic heterocycles. The molecule has 1 heterocycles. The van der Waals surface area contributed by atoms with Crippen molar-refractivity contribution in [2.24, 2.45) is 11.8 Å². The van der Waals surface area contributed by atoms with Crippen molar-refractivity contribution in [3.8, 4) is 6.01 Å². The van der Waals surface area contributed by atoms with Crippen molar-refractivity contribution in [1.29, 1.82) is 0 Å². The highest BCUT2D eigenvalue weighted by Crippen LogP contribution is 2.29. The predicted octanol–water partition coefficient (Wildman–Crippen LogP) is 1.93. The molecule has 1 saturated carbocycles. The van der Waals surface area contributed by atoms with Gasteiger partial charge in [-0.15, -0.1) is 0 Å². The summed E-state index contributed by atoms with van der Waals surface area (Å²) in [6.07, 6.45) is 5.15. The lowest BCUT2D eigenvalue weighted by atomic mass is 10.0. The molecule has 7 nitrogen and oxygen atoms in total. The number of nitrogens with two attached hydrogens (primary N) is 1. The number of hydrazine groups is 1. The number of aromatic nitrogens is 3. The van der Waals surface area contributed by atoms with Crippen LogP contribution in [-0.4, -0.2) is 27.1 Å². The second-order valence-electron chi connectivity index (χ2n) is 5.55. The van der Waals surface area contributed by atoms with Gasteiger partial charge in [0.1, 0.15) is 0 Å². The molecular formula is C13H24N6O. The Morgan fingerprint density at radius 1 is 1.10 bits per heavy atom. The van der Waals surface area contributed by atoms with Crippen molar-refractivity contribution in [1.82, 2.24) is 15.0 Å². The Hall–Kier alpha value is -1.63. The molecule has 1 unspecified atom stereocenters. The van der Waals surface area contributed by atoms with Crippen LogP contribution in [0, 0.1) is 5.92 Å². The van der Waals surface area contributed by atoms with E-state index in [-0.39, 0.29) is 12.1 Å². The van der Waals surface area contributed by atoms with Gasteiger partial charge in [-0.1, -0.05) is 12.8 Å². The lowest BCUT2D eigenvalue weighted by molar-refractivity contribution is 0.222. The number of nitrogens with one attached hydrogen (secondary N) is 2.